The Morgan fingerprint density at radius 1 is 1.21 bits per heavy atom. The highest BCUT2D eigenvalue weighted by molar-refractivity contribution is 7.07. The average Bonchev–Trinajstić information content (AvgIpc) is 3.11. The lowest BCUT2D eigenvalue weighted by molar-refractivity contribution is 0.0893. The van der Waals surface area contributed by atoms with Crippen molar-refractivity contribution in [1.29, 1.82) is 0 Å². The van der Waals surface area contributed by atoms with Gasteiger partial charge in [-0.05, 0) is 18.4 Å². The van der Waals surface area contributed by atoms with Crippen molar-refractivity contribution in [2.45, 2.75) is 31.2 Å². The summed E-state index contributed by atoms with van der Waals surface area (Å²) in [5, 5.41) is 5.01. The van der Waals surface area contributed by atoms with Crippen LogP contribution in [0.5, 0.6) is 0 Å². The average molecular weight is 272 g/mol. The van der Waals surface area contributed by atoms with E-state index in [0.717, 1.165) is 25.7 Å². The molecule has 1 heterocycles. The van der Waals surface area contributed by atoms with Crippen molar-refractivity contribution in [3.05, 3.63) is 52.5 Å². The second-order valence-electron chi connectivity index (χ2n) is 4.98. The maximum Gasteiger partial charge on any atom is 0.271 e. The fraction of sp³-hybridized carbons (Fsp3) is 0.333. The third-order valence-electron chi connectivity index (χ3n) is 3.80. The molecule has 0 unspecified atom stereocenters. The van der Waals surface area contributed by atoms with Crippen molar-refractivity contribution in [3.63, 3.8) is 0 Å². The maximum atomic E-state index is 12.3. The summed E-state index contributed by atoms with van der Waals surface area (Å²) in [6.07, 6.45) is 4.33. The SMILES string of the molecule is O=C(NC1(c2ccccc2)CCCC1)c1cscn1. The number of hydrogen-bond donors (Lipinski definition) is 1. The van der Waals surface area contributed by atoms with Gasteiger partial charge in [-0.25, -0.2) is 4.98 Å². The molecule has 0 aliphatic heterocycles. The number of carbonyl (C=O) groups excluding carboxylic acids is 1. The number of carbonyl (C=O) groups is 1. The van der Waals surface area contributed by atoms with Gasteiger partial charge in [0, 0.05) is 5.38 Å². The fourth-order valence-electron chi connectivity index (χ4n) is 2.83. The Bertz CT molecular complexity index is 545. The van der Waals surface area contributed by atoms with E-state index in [4.69, 9.17) is 0 Å². The van der Waals surface area contributed by atoms with Crippen molar-refractivity contribution >= 4 is 17.2 Å². The first-order chi connectivity index (χ1) is 9.30. The van der Waals surface area contributed by atoms with Gasteiger partial charge in [-0.15, -0.1) is 11.3 Å². The van der Waals surface area contributed by atoms with Crippen LogP contribution < -0.4 is 5.32 Å². The van der Waals surface area contributed by atoms with Gasteiger partial charge in [-0.2, -0.15) is 0 Å². The first-order valence-corrected chi connectivity index (χ1v) is 7.51. The van der Waals surface area contributed by atoms with Crippen molar-refractivity contribution in [1.82, 2.24) is 10.3 Å². The molecule has 1 aliphatic rings. The smallest absolute Gasteiger partial charge is 0.271 e. The van der Waals surface area contributed by atoms with Crippen LogP contribution in [0.25, 0.3) is 0 Å². The minimum Gasteiger partial charge on any atom is -0.341 e. The number of rotatable bonds is 3. The molecule has 2 aromatic rings. The van der Waals surface area contributed by atoms with E-state index in [2.05, 4.69) is 22.4 Å². The topological polar surface area (TPSA) is 42.0 Å². The van der Waals surface area contributed by atoms with Crippen LogP contribution in [0.1, 0.15) is 41.7 Å². The van der Waals surface area contributed by atoms with E-state index in [1.54, 1.807) is 10.9 Å². The van der Waals surface area contributed by atoms with E-state index in [0.29, 0.717) is 5.69 Å². The van der Waals surface area contributed by atoms with Crippen LogP contribution in [0.2, 0.25) is 0 Å². The highest BCUT2D eigenvalue weighted by Crippen LogP contribution is 2.38. The van der Waals surface area contributed by atoms with Gasteiger partial charge in [0.1, 0.15) is 5.69 Å². The number of thiazole rings is 1. The zero-order valence-corrected chi connectivity index (χ0v) is 11.5. The molecular formula is C15H16N2OS. The van der Waals surface area contributed by atoms with Crippen LogP contribution in [0.15, 0.2) is 41.2 Å². The highest BCUT2D eigenvalue weighted by Gasteiger charge is 2.37. The summed E-state index contributed by atoms with van der Waals surface area (Å²) in [5.74, 6) is -0.0630. The first-order valence-electron chi connectivity index (χ1n) is 6.56. The summed E-state index contributed by atoms with van der Waals surface area (Å²) in [7, 11) is 0. The van der Waals surface area contributed by atoms with Gasteiger partial charge in [-0.3, -0.25) is 4.79 Å². The van der Waals surface area contributed by atoms with Gasteiger partial charge in [0.25, 0.3) is 5.91 Å². The van der Waals surface area contributed by atoms with Crippen LogP contribution in [-0.2, 0) is 5.54 Å². The molecule has 1 amide bonds. The predicted molar refractivity (Wildman–Crippen MR) is 76.2 cm³/mol. The molecule has 19 heavy (non-hydrogen) atoms. The van der Waals surface area contributed by atoms with Gasteiger partial charge < -0.3 is 5.32 Å². The number of aromatic nitrogens is 1. The molecule has 0 spiro atoms. The van der Waals surface area contributed by atoms with Crippen LogP contribution in [0.3, 0.4) is 0 Å². The van der Waals surface area contributed by atoms with Crippen molar-refractivity contribution in [2.75, 3.05) is 0 Å². The molecule has 0 saturated heterocycles. The summed E-state index contributed by atoms with van der Waals surface area (Å²) in [5.41, 5.74) is 3.21. The Hall–Kier alpha value is -1.68. The highest BCUT2D eigenvalue weighted by atomic mass is 32.1. The molecule has 1 aromatic heterocycles. The van der Waals surface area contributed by atoms with Crippen molar-refractivity contribution in [2.24, 2.45) is 0 Å². The lowest BCUT2D eigenvalue weighted by atomic mass is 9.88. The number of amides is 1. The molecular weight excluding hydrogens is 256 g/mol. The normalized spacial score (nSPS) is 17.3. The Kier molecular flexibility index (Phi) is 3.34. The minimum absolute atomic E-state index is 0.0630. The monoisotopic (exact) mass is 272 g/mol. The van der Waals surface area contributed by atoms with E-state index in [1.807, 2.05) is 18.2 Å². The fourth-order valence-corrected chi connectivity index (χ4v) is 3.36. The third-order valence-corrected chi connectivity index (χ3v) is 4.39. The van der Waals surface area contributed by atoms with E-state index in [-0.39, 0.29) is 11.4 Å². The first kappa shape index (κ1) is 12.4. The molecule has 98 valence electrons. The van der Waals surface area contributed by atoms with Crippen LogP contribution in [0, 0.1) is 0 Å². The van der Waals surface area contributed by atoms with Gasteiger partial charge in [0.2, 0.25) is 0 Å². The predicted octanol–water partition coefficient (Wildman–Crippen LogP) is 3.34. The lowest BCUT2D eigenvalue weighted by Gasteiger charge is -2.30. The second-order valence-corrected chi connectivity index (χ2v) is 5.70. The van der Waals surface area contributed by atoms with Gasteiger partial charge >= 0.3 is 0 Å². The van der Waals surface area contributed by atoms with Gasteiger partial charge in [0.15, 0.2) is 0 Å². The van der Waals surface area contributed by atoms with E-state index in [1.165, 1.54) is 16.9 Å². The number of nitrogens with zero attached hydrogens (tertiary/aromatic N) is 1. The molecule has 1 aliphatic carbocycles. The molecule has 4 heteroatoms. The largest absolute Gasteiger partial charge is 0.341 e. The van der Waals surface area contributed by atoms with Crippen LogP contribution >= 0.6 is 11.3 Å². The van der Waals surface area contributed by atoms with Gasteiger partial charge in [-0.1, -0.05) is 43.2 Å². The zero-order chi connectivity index (χ0) is 13.1. The quantitative estimate of drug-likeness (QED) is 0.931. The van der Waals surface area contributed by atoms with Crippen LogP contribution in [-0.4, -0.2) is 10.9 Å². The van der Waals surface area contributed by atoms with E-state index in [9.17, 15) is 4.79 Å². The summed E-state index contributed by atoms with van der Waals surface area (Å²) >= 11 is 1.45. The lowest BCUT2D eigenvalue weighted by Crippen LogP contribution is -2.43. The summed E-state index contributed by atoms with van der Waals surface area (Å²) in [6.45, 7) is 0. The molecule has 0 bridgehead atoms. The minimum atomic E-state index is -0.206. The second kappa shape index (κ2) is 5.13. The molecule has 1 fully saturated rings. The van der Waals surface area contributed by atoms with Gasteiger partial charge in [0.05, 0.1) is 11.0 Å². The molecule has 0 atom stereocenters. The maximum absolute atomic E-state index is 12.3. The Balaban J connectivity index is 1.88. The standard InChI is InChI=1S/C15H16N2OS/c18-14(13-10-19-11-16-13)17-15(8-4-5-9-15)12-6-2-1-3-7-12/h1-3,6-7,10-11H,4-5,8-9H2,(H,17,18). The zero-order valence-electron chi connectivity index (χ0n) is 10.6. The molecule has 3 rings (SSSR count). The Morgan fingerprint density at radius 2 is 1.95 bits per heavy atom. The molecule has 3 nitrogen and oxygen atoms in total. The molecule has 1 saturated carbocycles. The Labute approximate surface area is 116 Å². The number of nitrogens with one attached hydrogen (secondary N) is 1. The number of hydrogen-bond acceptors (Lipinski definition) is 3. The van der Waals surface area contributed by atoms with Crippen LogP contribution in [0.4, 0.5) is 0 Å². The van der Waals surface area contributed by atoms with Crippen molar-refractivity contribution < 1.29 is 4.79 Å². The number of benzene rings is 1. The molecule has 1 aromatic carbocycles. The molecule has 0 radical (unpaired) electrons. The molecule has 1 N–H and O–H groups in total. The van der Waals surface area contributed by atoms with E-state index < -0.39 is 0 Å². The third kappa shape index (κ3) is 2.40. The summed E-state index contributed by atoms with van der Waals surface area (Å²) in [6, 6.07) is 10.3. The summed E-state index contributed by atoms with van der Waals surface area (Å²) < 4.78 is 0. The van der Waals surface area contributed by atoms with Crippen molar-refractivity contribution in [3.8, 4) is 0 Å². The summed E-state index contributed by atoms with van der Waals surface area (Å²) in [4.78, 5) is 16.4. The Morgan fingerprint density at radius 3 is 2.58 bits per heavy atom. The van der Waals surface area contributed by atoms with E-state index >= 15 is 0 Å².